The number of aromatic amines is 1. The number of para-hydroxylation sites is 1. The maximum Gasteiger partial charge on any atom is 0.275 e. The second-order valence-corrected chi connectivity index (χ2v) is 6.91. The van der Waals surface area contributed by atoms with Gasteiger partial charge in [0.15, 0.2) is 5.78 Å². The summed E-state index contributed by atoms with van der Waals surface area (Å²) in [5, 5.41) is 7.19. The van der Waals surface area contributed by atoms with Gasteiger partial charge in [-0.1, -0.05) is 18.2 Å². The summed E-state index contributed by atoms with van der Waals surface area (Å²) in [5.41, 5.74) is 3.76. The first-order chi connectivity index (χ1) is 14.6. The summed E-state index contributed by atoms with van der Waals surface area (Å²) in [6, 6.07) is 14.9. The number of aromatic nitrogens is 3. The fraction of sp³-hybridized carbons (Fsp3) is 0.130. The van der Waals surface area contributed by atoms with Crippen LogP contribution in [-0.2, 0) is 6.42 Å². The van der Waals surface area contributed by atoms with Crippen molar-refractivity contribution in [3.05, 3.63) is 83.9 Å². The molecule has 7 nitrogen and oxygen atoms in total. The highest BCUT2D eigenvalue weighted by Gasteiger charge is 2.09. The molecule has 4 aromatic rings. The summed E-state index contributed by atoms with van der Waals surface area (Å²) in [7, 11) is 0. The van der Waals surface area contributed by atoms with Crippen molar-refractivity contribution in [1.29, 1.82) is 0 Å². The Morgan fingerprint density at radius 3 is 2.53 bits per heavy atom. The van der Waals surface area contributed by atoms with E-state index in [1.807, 2.05) is 18.3 Å². The van der Waals surface area contributed by atoms with Crippen LogP contribution in [0.4, 0.5) is 11.5 Å². The van der Waals surface area contributed by atoms with Gasteiger partial charge in [0.25, 0.3) is 5.91 Å². The van der Waals surface area contributed by atoms with Gasteiger partial charge >= 0.3 is 0 Å². The van der Waals surface area contributed by atoms with E-state index in [0.717, 1.165) is 11.9 Å². The normalized spacial score (nSPS) is 10.7. The van der Waals surface area contributed by atoms with Gasteiger partial charge in [-0.15, -0.1) is 0 Å². The Balaban J connectivity index is 1.32. The minimum Gasteiger partial charge on any atom is -0.368 e. The number of hydrogen-bond acceptors (Lipinski definition) is 5. The smallest absolute Gasteiger partial charge is 0.275 e. The van der Waals surface area contributed by atoms with E-state index in [4.69, 9.17) is 0 Å². The summed E-state index contributed by atoms with van der Waals surface area (Å²) in [4.78, 5) is 35.4. The Bertz CT molecular complexity index is 1180. The Hall–Kier alpha value is -4.00. The Labute approximate surface area is 173 Å². The molecular formula is C23H21N5O2. The van der Waals surface area contributed by atoms with E-state index < -0.39 is 0 Å². The molecule has 0 unspecified atom stereocenters. The lowest BCUT2D eigenvalue weighted by Crippen LogP contribution is -2.15. The number of fused-ring (bicyclic) bond motifs is 1. The van der Waals surface area contributed by atoms with Crippen LogP contribution in [0.3, 0.4) is 0 Å². The third-order valence-electron chi connectivity index (χ3n) is 4.81. The predicted octanol–water partition coefficient (Wildman–Crippen LogP) is 4.07. The third-order valence-corrected chi connectivity index (χ3v) is 4.81. The molecule has 0 radical (unpaired) electrons. The lowest BCUT2D eigenvalue weighted by molar-refractivity contribution is 0.101. The monoisotopic (exact) mass is 399 g/mol. The Kier molecular flexibility index (Phi) is 5.52. The first kappa shape index (κ1) is 19.3. The van der Waals surface area contributed by atoms with Crippen LogP contribution in [-0.4, -0.2) is 33.2 Å². The van der Waals surface area contributed by atoms with Crippen molar-refractivity contribution in [2.24, 2.45) is 0 Å². The molecule has 150 valence electrons. The zero-order valence-corrected chi connectivity index (χ0v) is 16.5. The number of amides is 1. The van der Waals surface area contributed by atoms with Crippen molar-refractivity contribution in [3.8, 4) is 0 Å². The fourth-order valence-electron chi connectivity index (χ4n) is 3.18. The number of benzene rings is 2. The van der Waals surface area contributed by atoms with Crippen LogP contribution in [0.5, 0.6) is 0 Å². The SMILES string of the molecule is CC(=O)c1ccc(NC(=O)c2cnc(NCCc3c[nH]c4ccccc34)cn2)cc1. The number of anilines is 2. The van der Waals surface area contributed by atoms with Gasteiger partial charge in [0.2, 0.25) is 0 Å². The molecule has 0 aliphatic carbocycles. The highest BCUT2D eigenvalue weighted by atomic mass is 16.2. The lowest BCUT2D eigenvalue weighted by atomic mass is 10.1. The van der Waals surface area contributed by atoms with Crippen molar-refractivity contribution < 1.29 is 9.59 Å². The molecule has 2 aromatic heterocycles. The minimum atomic E-state index is -0.358. The van der Waals surface area contributed by atoms with Gasteiger partial charge in [0, 0.05) is 34.9 Å². The van der Waals surface area contributed by atoms with E-state index in [0.29, 0.717) is 23.6 Å². The molecule has 2 aromatic carbocycles. The molecule has 0 saturated heterocycles. The molecule has 3 N–H and O–H groups in total. The summed E-state index contributed by atoms with van der Waals surface area (Å²) < 4.78 is 0. The van der Waals surface area contributed by atoms with Crippen LogP contribution < -0.4 is 10.6 Å². The van der Waals surface area contributed by atoms with Crippen molar-refractivity contribution in [1.82, 2.24) is 15.0 Å². The van der Waals surface area contributed by atoms with Gasteiger partial charge in [0.05, 0.1) is 12.4 Å². The molecular weight excluding hydrogens is 378 g/mol. The van der Waals surface area contributed by atoms with E-state index in [1.165, 1.54) is 24.1 Å². The topological polar surface area (TPSA) is 99.8 Å². The molecule has 1 amide bonds. The third kappa shape index (κ3) is 4.35. The summed E-state index contributed by atoms with van der Waals surface area (Å²) in [5.74, 6) is 0.229. The van der Waals surface area contributed by atoms with Gasteiger partial charge in [-0.25, -0.2) is 9.97 Å². The van der Waals surface area contributed by atoms with Crippen molar-refractivity contribution in [3.63, 3.8) is 0 Å². The first-order valence-corrected chi connectivity index (χ1v) is 9.63. The highest BCUT2D eigenvalue weighted by Crippen LogP contribution is 2.18. The van der Waals surface area contributed by atoms with Crippen LogP contribution in [0.25, 0.3) is 10.9 Å². The van der Waals surface area contributed by atoms with E-state index >= 15 is 0 Å². The Morgan fingerprint density at radius 1 is 1.00 bits per heavy atom. The molecule has 0 spiro atoms. The molecule has 4 rings (SSSR count). The van der Waals surface area contributed by atoms with Gasteiger partial charge in [-0.2, -0.15) is 0 Å². The van der Waals surface area contributed by atoms with Crippen LogP contribution in [0, 0.1) is 0 Å². The van der Waals surface area contributed by atoms with Gasteiger partial charge in [-0.3, -0.25) is 9.59 Å². The van der Waals surface area contributed by atoms with Gasteiger partial charge in [0.1, 0.15) is 11.5 Å². The number of hydrogen-bond donors (Lipinski definition) is 3. The minimum absolute atomic E-state index is 0.0217. The number of ketones is 1. The molecule has 0 atom stereocenters. The van der Waals surface area contributed by atoms with E-state index in [1.54, 1.807) is 30.5 Å². The average molecular weight is 399 g/mol. The molecule has 7 heteroatoms. The summed E-state index contributed by atoms with van der Waals surface area (Å²) in [6.45, 7) is 2.20. The number of Topliss-reactive ketones (excluding diaryl/α,β-unsaturated/α-hetero) is 1. The molecule has 0 saturated carbocycles. The molecule has 0 fully saturated rings. The summed E-state index contributed by atoms with van der Waals surface area (Å²) >= 11 is 0. The molecule has 30 heavy (non-hydrogen) atoms. The highest BCUT2D eigenvalue weighted by molar-refractivity contribution is 6.03. The fourth-order valence-corrected chi connectivity index (χ4v) is 3.18. The number of nitrogens with zero attached hydrogens (tertiary/aromatic N) is 2. The van der Waals surface area contributed by atoms with Crippen LogP contribution in [0.15, 0.2) is 67.1 Å². The second-order valence-electron chi connectivity index (χ2n) is 6.91. The number of rotatable bonds is 7. The molecule has 0 bridgehead atoms. The van der Waals surface area contributed by atoms with Crippen LogP contribution in [0.2, 0.25) is 0 Å². The van der Waals surface area contributed by atoms with Crippen LogP contribution >= 0.6 is 0 Å². The van der Waals surface area contributed by atoms with Crippen molar-refractivity contribution in [2.45, 2.75) is 13.3 Å². The number of carbonyl (C=O) groups excluding carboxylic acids is 2. The van der Waals surface area contributed by atoms with Gasteiger partial charge in [-0.05, 0) is 49.2 Å². The second kappa shape index (κ2) is 8.57. The number of nitrogens with one attached hydrogen (secondary N) is 3. The predicted molar refractivity (Wildman–Crippen MR) is 117 cm³/mol. The molecule has 2 heterocycles. The average Bonchev–Trinajstić information content (AvgIpc) is 3.18. The molecule has 0 aliphatic heterocycles. The zero-order chi connectivity index (χ0) is 20.9. The molecule has 0 aliphatic rings. The standard InChI is InChI=1S/C23H21N5O2/c1-15(29)16-6-8-18(9-7-16)28-23(30)21-13-27-22(14-26-21)24-11-10-17-12-25-20-5-3-2-4-19(17)20/h2-9,12-14,25H,10-11H2,1H3,(H,24,27)(H,28,30). The Morgan fingerprint density at radius 2 is 1.80 bits per heavy atom. The van der Waals surface area contributed by atoms with E-state index in [9.17, 15) is 9.59 Å². The maximum atomic E-state index is 12.3. The summed E-state index contributed by atoms with van der Waals surface area (Å²) in [6.07, 6.45) is 5.84. The van der Waals surface area contributed by atoms with Crippen molar-refractivity contribution >= 4 is 34.1 Å². The van der Waals surface area contributed by atoms with Crippen LogP contribution in [0.1, 0.15) is 33.3 Å². The largest absolute Gasteiger partial charge is 0.368 e. The maximum absolute atomic E-state index is 12.3. The number of H-pyrrole nitrogens is 1. The van der Waals surface area contributed by atoms with Crippen molar-refractivity contribution in [2.75, 3.05) is 17.2 Å². The number of carbonyl (C=O) groups is 2. The van der Waals surface area contributed by atoms with Gasteiger partial charge < -0.3 is 15.6 Å². The van der Waals surface area contributed by atoms with E-state index in [-0.39, 0.29) is 17.4 Å². The van der Waals surface area contributed by atoms with E-state index in [2.05, 4.69) is 37.7 Å². The lowest BCUT2D eigenvalue weighted by Gasteiger charge is -2.07. The zero-order valence-electron chi connectivity index (χ0n) is 16.5. The quantitative estimate of drug-likeness (QED) is 0.407. The first-order valence-electron chi connectivity index (χ1n) is 9.63.